The molecule has 3 aromatic carbocycles. The number of H-pyrrole nitrogens is 1. The predicted octanol–water partition coefficient (Wildman–Crippen LogP) is 6.17. The van der Waals surface area contributed by atoms with Gasteiger partial charge in [-0.05, 0) is 48.2 Å². The molecule has 0 spiro atoms. The van der Waals surface area contributed by atoms with Crippen LogP contribution in [0.15, 0.2) is 54.7 Å². The highest BCUT2D eigenvalue weighted by atomic mass is 19.1. The minimum absolute atomic E-state index is 0.0243. The van der Waals surface area contributed by atoms with Crippen molar-refractivity contribution in [1.29, 1.82) is 0 Å². The molecule has 3 N–H and O–H groups in total. The molecule has 0 bridgehead atoms. The minimum Gasteiger partial charge on any atom is -0.481 e. The molecule has 0 amide bonds. The Hall–Kier alpha value is -4.88. The van der Waals surface area contributed by atoms with Crippen molar-refractivity contribution in [3.63, 3.8) is 0 Å². The standard InChI is InChI=1S/C32H31F3N4O6/c1-18(21-6-3-5-19(28(21)34)7-10-27(41)42)31-37-32(39(38-31)13-4-14-40)23-15-20(8-9-26(23)44-17-43-2)45-30-24(33)16-25-22(29(30)35)11-12-36-25/h3,5-6,8-9,11-12,15-16,18,36,40H,4,7,10,13-14,17H2,1-2H3,(H,41,42). The Morgan fingerprint density at radius 1 is 1.11 bits per heavy atom. The quantitative estimate of drug-likeness (QED) is 0.125. The summed E-state index contributed by atoms with van der Waals surface area (Å²) in [5.74, 6) is -3.70. The number of methoxy groups -OCH3 is 1. The van der Waals surface area contributed by atoms with Gasteiger partial charge < -0.3 is 29.4 Å². The Balaban J connectivity index is 1.56. The lowest BCUT2D eigenvalue weighted by molar-refractivity contribution is -0.136. The van der Waals surface area contributed by atoms with Gasteiger partial charge in [-0.25, -0.2) is 22.8 Å². The molecule has 0 fully saturated rings. The number of aromatic nitrogens is 4. The summed E-state index contributed by atoms with van der Waals surface area (Å²) in [7, 11) is 1.45. The number of hydrogen-bond acceptors (Lipinski definition) is 7. The number of carboxylic acid groups (broad SMARTS) is 1. The van der Waals surface area contributed by atoms with Gasteiger partial charge in [0.15, 0.2) is 35.8 Å². The third-order valence-corrected chi connectivity index (χ3v) is 7.23. The van der Waals surface area contributed by atoms with Crippen LogP contribution in [0.3, 0.4) is 0 Å². The van der Waals surface area contributed by atoms with E-state index in [0.717, 1.165) is 6.07 Å². The third-order valence-electron chi connectivity index (χ3n) is 7.23. The van der Waals surface area contributed by atoms with E-state index in [1.807, 2.05) is 0 Å². The number of benzene rings is 3. The van der Waals surface area contributed by atoms with E-state index in [0.29, 0.717) is 17.7 Å². The molecule has 5 aromatic rings. The number of ether oxygens (including phenoxy) is 3. The van der Waals surface area contributed by atoms with E-state index < -0.39 is 35.1 Å². The van der Waals surface area contributed by atoms with Crippen LogP contribution in [0.5, 0.6) is 17.2 Å². The summed E-state index contributed by atoms with van der Waals surface area (Å²) in [6.45, 7) is 1.69. The van der Waals surface area contributed by atoms with Crippen LogP contribution in [0.25, 0.3) is 22.3 Å². The lowest BCUT2D eigenvalue weighted by Gasteiger charge is -2.14. The molecule has 1 atom stereocenters. The van der Waals surface area contributed by atoms with Crippen LogP contribution < -0.4 is 9.47 Å². The van der Waals surface area contributed by atoms with Gasteiger partial charge in [-0.3, -0.25) is 4.79 Å². The number of nitrogens with one attached hydrogen (secondary N) is 1. The van der Waals surface area contributed by atoms with Gasteiger partial charge in [-0.15, -0.1) is 0 Å². The number of halogens is 3. The Bertz CT molecular complexity index is 1820. The Labute approximate surface area is 256 Å². The maximum atomic E-state index is 15.5. The summed E-state index contributed by atoms with van der Waals surface area (Å²) in [5, 5.41) is 23.4. The molecule has 2 aromatic heterocycles. The van der Waals surface area contributed by atoms with Gasteiger partial charge in [0.1, 0.15) is 17.3 Å². The van der Waals surface area contributed by atoms with Crippen LogP contribution >= 0.6 is 0 Å². The zero-order valence-corrected chi connectivity index (χ0v) is 24.5. The second kappa shape index (κ2) is 13.8. The third kappa shape index (κ3) is 6.79. The molecule has 45 heavy (non-hydrogen) atoms. The predicted molar refractivity (Wildman–Crippen MR) is 158 cm³/mol. The fraction of sp³-hybridized carbons (Fsp3) is 0.281. The maximum absolute atomic E-state index is 15.5. The van der Waals surface area contributed by atoms with Crippen LogP contribution in [0.4, 0.5) is 13.2 Å². The first-order chi connectivity index (χ1) is 21.7. The highest BCUT2D eigenvalue weighted by Gasteiger charge is 2.25. The molecule has 0 aliphatic rings. The van der Waals surface area contributed by atoms with Crippen LogP contribution in [0.2, 0.25) is 0 Å². The van der Waals surface area contributed by atoms with Crippen molar-refractivity contribution in [3.8, 4) is 28.6 Å². The van der Waals surface area contributed by atoms with Crippen molar-refractivity contribution < 1.29 is 42.4 Å². The lowest BCUT2D eigenvalue weighted by atomic mass is 9.96. The number of aryl methyl sites for hydroxylation is 2. The average molecular weight is 625 g/mol. The lowest BCUT2D eigenvalue weighted by Crippen LogP contribution is -2.08. The first-order valence-corrected chi connectivity index (χ1v) is 14.2. The SMILES string of the molecule is COCOc1ccc(Oc2c(F)cc3[nH]ccc3c2F)cc1-c1nc(C(C)c2cccc(CCC(=O)O)c2F)nn1CCCO. The number of aromatic amines is 1. The number of nitrogens with zero attached hydrogens (tertiary/aromatic N) is 3. The van der Waals surface area contributed by atoms with Crippen LogP contribution in [-0.4, -0.2) is 56.4 Å². The zero-order chi connectivity index (χ0) is 32.1. The molecule has 13 heteroatoms. The van der Waals surface area contributed by atoms with Gasteiger partial charge in [0, 0.05) is 50.2 Å². The minimum atomic E-state index is -1.03. The summed E-state index contributed by atoms with van der Waals surface area (Å²) in [5.41, 5.74) is 1.17. The van der Waals surface area contributed by atoms with Crippen molar-refractivity contribution in [2.24, 2.45) is 0 Å². The highest BCUT2D eigenvalue weighted by Crippen LogP contribution is 2.38. The van der Waals surface area contributed by atoms with E-state index in [-0.39, 0.29) is 72.2 Å². The van der Waals surface area contributed by atoms with E-state index in [4.69, 9.17) is 24.3 Å². The molecule has 0 saturated heterocycles. The number of aliphatic hydroxyl groups excluding tert-OH is 1. The molecule has 0 aliphatic carbocycles. The number of rotatable bonds is 14. The molecule has 0 saturated carbocycles. The summed E-state index contributed by atoms with van der Waals surface area (Å²) in [6.07, 6.45) is 1.62. The number of hydrogen-bond donors (Lipinski definition) is 3. The molecule has 1 unspecified atom stereocenters. The van der Waals surface area contributed by atoms with Crippen LogP contribution in [-0.2, 0) is 22.5 Å². The number of aliphatic carboxylic acids is 1. The van der Waals surface area contributed by atoms with Crippen molar-refractivity contribution in [1.82, 2.24) is 19.7 Å². The molecular formula is C32H31F3N4O6. The van der Waals surface area contributed by atoms with E-state index in [2.05, 4.69) is 10.1 Å². The second-order valence-corrected chi connectivity index (χ2v) is 10.3. The van der Waals surface area contributed by atoms with Gasteiger partial charge in [-0.2, -0.15) is 5.10 Å². The number of fused-ring (bicyclic) bond motifs is 1. The maximum Gasteiger partial charge on any atom is 0.303 e. The topological polar surface area (TPSA) is 132 Å². The fourth-order valence-corrected chi connectivity index (χ4v) is 4.95. The highest BCUT2D eigenvalue weighted by molar-refractivity contribution is 5.82. The molecule has 2 heterocycles. The largest absolute Gasteiger partial charge is 0.481 e. The van der Waals surface area contributed by atoms with E-state index in [1.165, 1.54) is 48.3 Å². The van der Waals surface area contributed by atoms with Gasteiger partial charge in [0.05, 0.1) is 11.1 Å². The van der Waals surface area contributed by atoms with Crippen LogP contribution in [0.1, 0.15) is 42.6 Å². The van der Waals surface area contributed by atoms with Gasteiger partial charge >= 0.3 is 5.97 Å². The molecule has 0 aliphatic heterocycles. The smallest absolute Gasteiger partial charge is 0.303 e. The zero-order valence-electron chi connectivity index (χ0n) is 24.5. The second-order valence-electron chi connectivity index (χ2n) is 10.3. The van der Waals surface area contributed by atoms with Crippen molar-refractivity contribution >= 4 is 16.9 Å². The van der Waals surface area contributed by atoms with Crippen LogP contribution in [0, 0.1) is 17.5 Å². The molecule has 0 radical (unpaired) electrons. The first-order valence-electron chi connectivity index (χ1n) is 14.2. The van der Waals surface area contributed by atoms with E-state index in [1.54, 1.807) is 19.1 Å². The molecular weight excluding hydrogens is 593 g/mol. The molecule has 5 rings (SSSR count). The van der Waals surface area contributed by atoms with E-state index >= 15 is 8.78 Å². The number of carbonyl (C=O) groups is 1. The van der Waals surface area contributed by atoms with Gasteiger partial charge in [0.25, 0.3) is 0 Å². The summed E-state index contributed by atoms with van der Waals surface area (Å²) >= 11 is 0. The molecule has 10 nitrogen and oxygen atoms in total. The van der Waals surface area contributed by atoms with Crippen molar-refractivity contribution in [2.75, 3.05) is 20.5 Å². The normalized spacial score (nSPS) is 12.0. The summed E-state index contributed by atoms with van der Waals surface area (Å²) in [6, 6.07) is 11.9. The summed E-state index contributed by atoms with van der Waals surface area (Å²) < 4.78 is 63.6. The van der Waals surface area contributed by atoms with Crippen molar-refractivity contribution in [3.05, 3.63) is 89.1 Å². The summed E-state index contributed by atoms with van der Waals surface area (Å²) in [4.78, 5) is 18.5. The Morgan fingerprint density at radius 3 is 2.69 bits per heavy atom. The first kappa shape index (κ1) is 31.5. The monoisotopic (exact) mass is 624 g/mol. The van der Waals surface area contributed by atoms with Gasteiger partial charge in [0.2, 0.25) is 0 Å². The van der Waals surface area contributed by atoms with E-state index in [9.17, 15) is 14.3 Å². The van der Waals surface area contributed by atoms with Crippen molar-refractivity contribution in [2.45, 2.75) is 38.6 Å². The fourth-order valence-electron chi connectivity index (χ4n) is 4.95. The Morgan fingerprint density at radius 2 is 1.93 bits per heavy atom. The average Bonchev–Trinajstić information content (AvgIpc) is 3.68. The number of carboxylic acids is 1. The number of aliphatic hydroxyl groups is 1. The molecule has 236 valence electrons. The van der Waals surface area contributed by atoms with Gasteiger partial charge in [-0.1, -0.05) is 25.1 Å². The Kier molecular flexibility index (Phi) is 9.69.